The number of hydrogen-bond donors (Lipinski definition) is 3. The quantitative estimate of drug-likeness (QED) is 0.722. The summed E-state index contributed by atoms with van der Waals surface area (Å²) in [6.45, 7) is 0.428. The molecule has 1 heterocycles. The molecule has 0 saturated heterocycles. The lowest BCUT2D eigenvalue weighted by Crippen LogP contribution is -2.40. The van der Waals surface area contributed by atoms with Crippen LogP contribution in [0.3, 0.4) is 0 Å². The van der Waals surface area contributed by atoms with Gasteiger partial charge in [0.2, 0.25) is 5.91 Å². The van der Waals surface area contributed by atoms with Gasteiger partial charge < -0.3 is 16.0 Å². The van der Waals surface area contributed by atoms with E-state index in [-0.39, 0.29) is 5.91 Å². The van der Waals surface area contributed by atoms with Gasteiger partial charge in [-0.3, -0.25) is 4.79 Å². The highest BCUT2D eigenvalue weighted by molar-refractivity contribution is 5.81. The van der Waals surface area contributed by atoms with E-state index in [2.05, 4.69) is 15.3 Å². The van der Waals surface area contributed by atoms with Gasteiger partial charge in [-0.25, -0.2) is 4.98 Å². The number of carbonyl (C=O) groups is 1. The molecule has 1 atom stereocenters. The topological polar surface area (TPSA) is 83.8 Å². The zero-order valence-corrected chi connectivity index (χ0v) is 10.7. The van der Waals surface area contributed by atoms with E-state index in [0.29, 0.717) is 13.0 Å². The molecule has 2 rings (SSSR count). The summed E-state index contributed by atoms with van der Waals surface area (Å²) in [5, 5.41) is 2.79. The second kappa shape index (κ2) is 6.70. The molecule has 0 unspecified atom stereocenters. The molecule has 5 heteroatoms. The van der Waals surface area contributed by atoms with Crippen LogP contribution in [-0.2, 0) is 17.8 Å². The molecule has 0 aliphatic heterocycles. The number of nitrogens with two attached hydrogens (primary N) is 1. The second-order valence-electron chi connectivity index (χ2n) is 4.43. The molecular formula is C14H18N4O. The van der Waals surface area contributed by atoms with Crippen molar-refractivity contribution < 1.29 is 4.79 Å². The van der Waals surface area contributed by atoms with Crippen molar-refractivity contribution in [3.05, 3.63) is 54.1 Å². The van der Waals surface area contributed by atoms with Gasteiger partial charge in [-0.15, -0.1) is 0 Å². The number of carbonyl (C=O) groups excluding carboxylic acids is 1. The predicted molar refractivity (Wildman–Crippen MR) is 73.2 cm³/mol. The van der Waals surface area contributed by atoms with Crippen molar-refractivity contribution in [3.8, 4) is 0 Å². The van der Waals surface area contributed by atoms with Crippen molar-refractivity contribution >= 4 is 5.91 Å². The number of H-pyrrole nitrogens is 1. The molecule has 0 aliphatic carbocycles. The molecule has 4 N–H and O–H groups in total. The van der Waals surface area contributed by atoms with Crippen LogP contribution in [0.5, 0.6) is 0 Å². The number of nitrogens with one attached hydrogen (secondary N) is 2. The van der Waals surface area contributed by atoms with E-state index >= 15 is 0 Å². The van der Waals surface area contributed by atoms with Crippen molar-refractivity contribution in [1.82, 2.24) is 15.3 Å². The fourth-order valence-electron chi connectivity index (χ4n) is 1.79. The molecule has 100 valence electrons. The average Bonchev–Trinajstić information content (AvgIpc) is 2.96. The second-order valence-corrected chi connectivity index (χ2v) is 4.43. The molecule has 1 aromatic carbocycles. The number of imidazole rings is 1. The summed E-state index contributed by atoms with van der Waals surface area (Å²) in [4.78, 5) is 18.6. The van der Waals surface area contributed by atoms with E-state index in [1.54, 1.807) is 12.5 Å². The van der Waals surface area contributed by atoms with Crippen LogP contribution in [0, 0.1) is 0 Å². The van der Waals surface area contributed by atoms with Crippen molar-refractivity contribution in [3.63, 3.8) is 0 Å². The lowest BCUT2D eigenvalue weighted by molar-refractivity contribution is -0.122. The van der Waals surface area contributed by atoms with Crippen molar-refractivity contribution in [2.75, 3.05) is 0 Å². The van der Waals surface area contributed by atoms with Gasteiger partial charge in [0.15, 0.2) is 0 Å². The summed E-state index contributed by atoms with van der Waals surface area (Å²) < 4.78 is 0. The monoisotopic (exact) mass is 258 g/mol. The molecular weight excluding hydrogens is 240 g/mol. The van der Waals surface area contributed by atoms with E-state index in [1.807, 2.05) is 30.3 Å². The Hall–Kier alpha value is -2.14. The van der Waals surface area contributed by atoms with Crippen LogP contribution in [0.15, 0.2) is 42.9 Å². The zero-order chi connectivity index (χ0) is 13.5. The number of nitrogens with zero attached hydrogens (tertiary/aromatic N) is 1. The minimum absolute atomic E-state index is 0.134. The summed E-state index contributed by atoms with van der Waals surface area (Å²) in [7, 11) is 0. The largest absolute Gasteiger partial charge is 0.349 e. The van der Waals surface area contributed by atoms with E-state index < -0.39 is 6.04 Å². The van der Waals surface area contributed by atoms with Gasteiger partial charge in [-0.05, 0) is 18.4 Å². The van der Waals surface area contributed by atoms with E-state index in [9.17, 15) is 4.79 Å². The Morgan fingerprint density at radius 1 is 1.37 bits per heavy atom. The maximum Gasteiger partial charge on any atom is 0.237 e. The molecule has 5 nitrogen and oxygen atoms in total. The Kier molecular flexibility index (Phi) is 4.69. The number of aromatic nitrogens is 2. The standard InChI is InChI=1S/C14H18N4O/c15-13(7-6-11-4-2-1-3-5-11)14(19)17-9-12-8-16-10-18-12/h1-5,8,10,13H,6-7,9,15H2,(H,16,18)(H,17,19)/t13-/m0/s1. The third-order valence-electron chi connectivity index (χ3n) is 2.93. The highest BCUT2D eigenvalue weighted by Crippen LogP contribution is 2.04. The molecule has 0 saturated carbocycles. The van der Waals surface area contributed by atoms with Gasteiger partial charge in [0.05, 0.1) is 24.6 Å². The zero-order valence-electron chi connectivity index (χ0n) is 10.7. The number of hydrogen-bond acceptors (Lipinski definition) is 3. The number of rotatable bonds is 6. The van der Waals surface area contributed by atoms with Gasteiger partial charge in [-0.2, -0.15) is 0 Å². The van der Waals surface area contributed by atoms with E-state index in [0.717, 1.165) is 12.1 Å². The summed E-state index contributed by atoms with van der Waals surface area (Å²) in [5.74, 6) is -0.134. The molecule has 0 fully saturated rings. The fourth-order valence-corrected chi connectivity index (χ4v) is 1.79. The molecule has 2 aromatic rings. The first-order valence-electron chi connectivity index (χ1n) is 6.30. The Bertz CT molecular complexity index is 495. The van der Waals surface area contributed by atoms with Crippen LogP contribution in [-0.4, -0.2) is 21.9 Å². The summed E-state index contributed by atoms with van der Waals surface area (Å²) in [6, 6.07) is 9.53. The molecule has 1 aromatic heterocycles. The Labute approximate surface area is 112 Å². The first-order chi connectivity index (χ1) is 9.25. The van der Waals surface area contributed by atoms with Gasteiger partial charge in [0.25, 0.3) is 0 Å². The normalized spacial score (nSPS) is 12.1. The Balaban J connectivity index is 1.73. The van der Waals surface area contributed by atoms with Crippen LogP contribution in [0.1, 0.15) is 17.7 Å². The first-order valence-corrected chi connectivity index (χ1v) is 6.30. The summed E-state index contributed by atoms with van der Waals surface area (Å²) in [5.41, 5.74) is 7.92. The molecule has 1 amide bonds. The SMILES string of the molecule is N[C@@H](CCc1ccccc1)C(=O)NCc1cnc[nH]1. The van der Waals surface area contributed by atoms with E-state index in [1.165, 1.54) is 5.56 Å². The number of aryl methyl sites for hydroxylation is 1. The minimum atomic E-state index is -0.483. The fraction of sp³-hybridized carbons (Fsp3) is 0.286. The first kappa shape index (κ1) is 13.3. The van der Waals surface area contributed by atoms with Crippen LogP contribution < -0.4 is 11.1 Å². The van der Waals surface area contributed by atoms with Crippen molar-refractivity contribution in [2.45, 2.75) is 25.4 Å². The third kappa shape index (κ3) is 4.22. The average molecular weight is 258 g/mol. The van der Waals surface area contributed by atoms with E-state index in [4.69, 9.17) is 5.73 Å². The Morgan fingerprint density at radius 2 is 2.16 bits per heavy atom. The molecule has 0 radical (unpaired) electrons. The van der Waals surface area contributed by atoms with Crippen LogP contribution in [0.4, 0.5) is 0 Å². The maximum absolute atomic E-state index is 11.8. The van der Waals surface area contributed by atoms with Crippen LogP contribution >= 0.6 is 0 Å². The van der Waals surface area contributed by atoms with Crippen molar-refractivity contribution in [2.24, 2.45) is 5.73 Å². The smallest absolute Gasteiger partial charge is 0.237 e. The highest BCUT2D eigenvalue weighted by Gasteiger charge is 2.12. The van der Waals surface area contributed by atoms with Crippen LogP contribution in [0.25, 0.3) is 0 Å². The third-order valence-corrected chi connectivity index (χ3v) is 2.93. The number of amides is 1. The van der Waals surface area contributed by atoms with Gasteiger partial charge >= 0.3 is 0 Å². The Morgan fingerprint density at radius 3 is 2.84 bits per heavy atom. The molecule has 0 bridgehead atoms. The number of benzene rings is 1. The number of aromatic amines is 1. The molecule has 0 aliphatic rings. The summed E-state index contributed by atoms with van der Waals surface area (Å²) >= 11 is 0. The lowest BCUT2D eigenvalue weighted by Gasteiger charge is -2.11. The molecule has 19 heavy (non-hydrogen) atoms. The maximum atomic E-state index is 11.8. The van der Waals surface area contributed by atoms with Gasteiger partial charge in [-0.1, -0.05) is 30.3 Å². The molecule has 0 spiro atoms. The van der Waals surface area contributed by atoms with Gasteiger partial charge in [0.1, 0.15) is 0 Å². The lowest BCUT2D eigenvalue weighted by atomic mass is 10.1. The van der Waals surface area contributed by atoms with Crippen LogP contribution in [0.2, 0.25) is 0 Å². The minimum Gasteiger partial charge on any atom is -0.349 e. The highest BCUT2D eigenvalue weighted by atomic mass is 16.2. The summed E-state index contributed by atoms with van der Waals surface area (Å²) in [6.07, 6.45) is 4.70. The van der Waals surface area contributed by atoms with Gasteiger partial charge in [0, 0.05) is 6.20 Å². The predicted octanol–water partition coefficient (Wildman–Crippen LogP) is 0.986. The van der Waals surface area contributed by atoms with Crippen molar-refractivity contribution in [1.29, 1.82) is 0 Å².